The predicted octanol–water partition coefficient (Wildman–Crippen LogP) is 3.52. The lowest BCUT2D eigenvalue weighted by Gasteiger charge is -2.22. The number of benzene rings is 2. The van der Waals surface area contributed by atoms with Crippen LogP contribution in [0.25, 0.3) is 10.9 Å². The maximum Gasteiger partial charge on any atom is 0.380 e. The molecule has 166 valence electrons. The number of esters is 1. The Hall–Kier alpha value is -3.45. The molecular weight excluding hydrogens is 406 g/mol. The van der Waals surface area contributed by atoms with Gasteiger partial charge in [0.2, 0.25) is 0 Å². The molecule has 0 spiro atoms. The van der Waals surface area contributed by atoms with Crippen molar-refractivity contribution in [2.75, 3.05) is 19.1 Å². The third-order valence-corrected chi connectivity index (χ3v) is 5.21. The van der Waals surface area contributed by atoms with E-state index < -0.39 is 17.4 Å². The third-order valence-electron chi connectivity index (χ3n) is 5.21. The van der Waals surface area contributed by atoms with Crippen molar-refractivity contribution in [1.29, 1.82) is 0 Å². The number of carbonyl (C=O) groups is 3. The highest BCUT2D eigenvalue weighted by atomic mass is 16.6. The van der Waals surface area contributed by atoms with Gasteiger partial charge < -0.3 is 9.64 Å². The van der Waals surface area contributed by atoms with Crippen LogP contribution in [0.2, 0.25) is 0 Å². The van der Waals surface area contributed by atoms with Crippen molar-refractivity contribution in [2.45, 2.75) is 39.5 Å². The Morgan fingerprint density at radius 1 is 1.09 bits per heavy atom. The van der Waals surface area contributed by atoms with Crippen LogP contribution in [0, 0.1) is 0 Å². The molecule has 32 heavy (non-hydrogen) atoms. The van der Waals surface area contributed by atoms with Crippen molar-refractivity contribution in [3.05, 3.63) is 70.9 Å². The van der Waals surface area contributed by atoms with E-state index in [1.807, 2.05) is 49.3 Å². The molecule has 1 aliphatic rings. The summed E-state index contributed by atoms with van der Waals surface area (Å²) in [6.07, 6.45) is 1.76. The fourth-order valence-corrected chi connectivity index (χ4v) is 4.01. The molecule has 1 amide bonds. The second-order valence-electron chi connectivity index (χ2n) is 9.33. The monoisotopic (exact) mass is 433 g/mol. The third kappa shape index (κ3) is 4.03. The van der Waals surface area contributed by atoms with Crippen LogP contribution in [0.3, 0.4) is 0 Å². The summed E-state index contributed by atoms with van der Waals surface area (Å²) in [6.45, 7) is 6.15. The molecule has 0 saturated carbocycles. The molecule has 0 fully saturated rings. The van der Waals surface area contributed by atoms with Gasteiger partial charge in [0.1, 0.15) is 5.60 Å². The van der Waals surface area contributed by atoms with E-state index in [0.29, 0.717) is 24.2 Å². The van der Waals surface area contributed by atoms with Crippen molar-refractivity contribution in [3.63, 3.8) is 0 Å². The van der Waals surface area contributed by atoms with Crippen LogP contribution in [-0.4, -0.2) is 46.9 Å². The van der Waals surface area contributed by atoms with Gasteiger partial charge in [-0.05, 0) is 70.3 Å². The molecule has 0 saturated heterocycles. The molecule has 0 unspecified atom stereocenters. The van der Waals surface area contributed by atoms with Crippen LogP contribution in [0.5, 0.6) is 0 Å². The van der Waals surface area contributed by atoms with Gasteiger partial charge in [-0.2, -0.15) is 0 Å². The number of ether oxygens (including phenoxy) is 1. The zero-order valence-corrected chi connectivity index (χ0v) is 19.0. The second-order valence-corrected chi connectivity index (χ2v) is 9.33. The molecule has 0 N–H and O–H groups in total. The summed E-state index contributed by atoms with van der Waals surface area (Å²) in [5.74, 6) is -1.79. The van der Waals surface area contributed by atoms with Gasteiger partial charge in [-0.3, -0.25) is 14.3 Å². The van der Waals surface area contributed by atoms with Crippen molar-refractivity contribution >= 4 is 28.6 Å². The zero-order chi connectivity index (χ0) is 23.2. The lowest BCUT2D eigenvalue weighted by molar-refractivity contribution is -0.148. The molecule has 2 aromatic carbocycles. The van der Waals surface area contributed by atoms with Crippen molar-refractivity contribution in [2.24, 2.45) is 0 Å². The predicted molar refractivity (Wildman–Crippen MR) is 122 cm³/mol. The molecular formula is C25H27N3O4. The molecule has 0 bridgehead atoms. The second kappa shape index (κ2) is 7.91. The van der Waals surface area contributed by atoms with E-state index in [4.69, 9.17) is 4.74 Å². The maximum atomic E-state index is 13.2. The summed E-state index contributed by atoms with van der Waals surface area (Å²) in [5, 5.41) is 2.37. The number of aromatic nitrogens is 1. The van der Waals surface area contributed by atoms with Gasteiger partial charge in [-0.15, -0.1) is 0 Å². The lowest BCUT2D eigenvalue weighted by Crippen LogP contribution is -2.35. The molecule has 0 atom stereocenters. The molecule has 7 nitrogen and oxygen atoms in total. The summed E-state index contributed by atoms with van der Waals surface area (Å²) in [5.41, 5.74) is 2.40. The molecule has 0 radical (unpaired) electrons. The van der Waals surface area contributed by atoms with Crippen LogP contribution >= 0.6 is 0 Å². The maximum absolute atomic E-state index is 13.2. The first-order chi connectivity index (χ1) is 15.0. The van der Waals surface area contributed by atoms with E-state index in [2.05, 4.69) is 0 Å². The van der Waals surface area contributed by atoms with E-state index in [9.17, 15) is 14.4 Å². The summed E-state index contributed by atoms with van der Waals surface area (Å²) in [4.78, 5) is 41.0. The normalized spacial score (nSPS) is 13.7. The fraction of sp³-hybridized carbons (Fsp3) is 0.320. The minimum Gasteiger partial charge on any atom is -0.454 e. The number of Topliss-reactive ketones (excluding diaryl/α,β-unsaturated/α-hetero) is 1. The van der Waals surface area contributed by atoms with Gasteiger partial charge >= 0.3 is 5.97 Å². The molecule has 1 aromatic heterocycles. The Balaban J connectivity index is 1.84. The number of nitrogens with zero attached hydrogens (tertiary/aromatic N) is 3. The molecule has 4 rings (SSSR count). The standard InChI is InChI=1S/C25H27N3O4/c1-25(2,3)32-24(31)22(29)20-13-16(14-26(4)5)12-17-10-11-27(21(17)20)28-15-18-8-6-7-9-19(18)23(28)30/h6-13H,14-15H2,1-5H3. The van der Waals surface area contributed by atoms with E-state index in [-0.39, 0.29) is 11.5 Å². The number of ketones is 1. The highest BCUT2D eigenvalue weighted by Crippen LogP contribution is 2.29. The van der Waals surface area contributed by atoms with Crippen LogP contribution in [0.4, 0.5) is 0 Å². The lowest BCUT2D eigenvalue weighted by atomic mass is 10.0. The Bertz CT molecular complexity index is 1230. The van der Waals surface area contributed by atoms with Gasteiger partial charge in [-0.25, -0.2) is 9.80 Å². The molecule has 3 aromatic rings. The number of carbonyl (C=O) groups excluding carboxylic acids is 3. The largest absolute Gasteiger partial charge is 0.454 e. The fourth-order valence-electron chi connectivity index (χ4n) is 4.01. The SMILES string of the molecule is CN(C)Cc1cc(C(=O)C(=O)OC(C)(C)C)c2c(ccn2N2Cc3ccccc3C2=O)c1. The summed E-state index contributed by atoms with van der Waals surface area (Å²) < 4.78 is 7.02. The number of amides is 1. The number of hydrogen-bond acceptors (Lipinski definition) is 5. The van der Waals surface area contributed by atoms with Crippen LogP contribution in [0.1, 0.15) is 52.6 Å². The Morgan fingerprint density at radius 3 is 2.47 bits per heavy atom. The van der Waals surface area contributed by atoms with Gasteiger partial charge in [0.25, 0.3) is 11.7 Å². The average Bonchev–Trinajstić information content (AvgIpc) is 3.26. The first kappa shape index (κ1) is 21.8. The van der Waals surface area contributed by atoms with Crippen molar-refractivity contribution in [3.8, 4) is 0 Å². The van der Waals surface area contributed by atoms with Crippen molar-refractivity contribution < 1.29 is 19.1 Å². The first-order valence-corrected chi connectivity index (χ1v) is 10.5. The Labute approximate surface area is 187 Å². The molecule has 7 heteroatoms. The topological polar surface area (TPSA) is 71.8 Å². The Kier molecular flexibility index (Phi) is 5.38. The van der Waals surface area contributed by atoms with E-state index in [1.165, 1.54) is 0 Å². The summed E-state index contributed by atoms with van der Waals surface area (Å²) >= 11 is 0. The van der Waals surface area contributed by atoms with Crippen LogP contribution in [-0.2, 0) is 22.6 Å². The van der Waals surface area contributed by atoms with Gasteiger partial charge in [0.15, 0.2) is 0 Å². The number of rotatable bonds is 5. The number of hydrogen-bond donors (Lipinski definition) is 0. The Morgan fingerprint density at radius 2 is 1.81 bits per heavy atom. The minimum atomic E-state index is -0.912. The number of fused-ring (bicyclic) bond motifs is 2. The quantitative estimate of drug-likeness (QED) is 0.350. The van der Waals surface area contributed by atoms with Crippen LogP contribution < -0.4 is 5.01 Å². The highest BCUT2D eigenvalue weighted by Gasteiger charge is 2.32. The molecule has 2 heterocycles. The molecule has 0 aliphatic carbocycles. The first-order valence-electron chi connectivity index (χ1n) is 10.5. The summed E-state index contributed by atoms with van der Waals surface area (Å²) in [7, 11) is 3.87. The molecule has 1 aliphatic heterocycles. The smallest absolute Gasteiger partial charge is 0.380 e. The average molecular weight is 434 g/mol. The van der Waals surface area contributed by atoms with Crippen LogP contribution in [0.15, 0.2) is 48.7 Å². The zero-order valence-electron chi connectivity index (χ0n) is 19.0. The summed E-state index contributed by atoms with van der Waals surface area (Å²) in [6, 6.07) is 13.0. The van der Waals surface area contributed by atoms with E-state index in [1.54, 1.807) is 48.8 Å². The highest BCUT2D eigenvalue weighted by molar-refractivity contribution is 6.43. The van der Waals surface area contributed by atoms with Gasteiger partial charge in [0.05, 0.1) is 17.6 Å². The van der Waals surface area contributed by atoms with E-state index in [0.717, 1.165) is 16.5 Å². The van der Waals surface area contributed by atoms with E-state index >= 15 is 0 Å². The minimum absolute atomic E-state index is 0.147. The van der Waals surface area contributed by atoms with Crippen molar-refractivity contribution in [1.82, 2.24) is 9.58 Å². The van der Waals surface area contributed by atoms with Gasteiger partial charge in [-0.1, -0.05) is 18.2 Å². The van der Waals surface area contributed by atoms with Gasteiger partial charge in [0, 0.05) is 23.7 Å².